The van der Waals surface area contributed by atoms with Crippen LogP contribution in [-0.4, -0.2) is 24.4 Å². The van der Waals surface area contributed by atoms with Gasteiger partial charge in [-0.1, -0.05) is 11.6 Å². The fourth-order valence-corrected chi connectivity index (χ4v) is 2.14. The zero-order valence-corrected chi connectivity index (χ0v) is 12.8. The first-order valence-electron chi connectivity index (χ1n) is 6.47. The van der Waals surface area contributed by atoms with Gasteiger partial charge in [-0.3, -0.25) is 14.9 Å². The third-order valence-electron chi connectivity index (χ3n) is 3.07. The number of ketones is 1. The number of nitrogens with zero attached hydrogens (tertiary/aromatic N) is 1. The first kappa shape index (κ1) is 16.7. The zero-order valence-electron chi connectivity index (χ0n) is 12.0. The molecule has 0 radical (unpaired) electrons. The number of carbonyl (C=O) groups excluding carboxylic acids is 1. The van der Waals surface area contributed by atoms with E-state index in [1.165, 1.54) is 37.4 Å². The number of benzene rings is 2. The van der Waals surface area contributed by atoms with Crippen LogP contribution >= 0.6 is 11.6 Å². The van der Waals surface area contributed by atoms with Crippen LogP contribution in [0, 0.1) is 15.9 Å². The molecule has 0 spiro atoms. The predicted octanol–water partition coefficient (Wildman–Crippen LogP) is 3.69. The molecule has 0 fully saturated rings. The van der Waals surface area contributed by atoms with Crippen molar-refractivity contribution in [1.29, 1.82) is 0 Å². The Kier molecular flexibility index (Phi) is 5.13. The van der Waals surface area contributed by atoms with E-state index in [4.69, 9.17) is 16.3 Å². The molecule has 23 heavy (non-hydrogen) atoms. The Morgan fingerprint density at radius 2 is 2.09 bits per heavy atom. The Balaban J connectivity index is 2.06. The molecule has 2 aromatic carbocycles. The minimum absolute atomic E-state index is 0.0389. The number of carbonyl (C=O) groups is 1. The lowest BCUT2D eigenvalue weighted by Gasteiger charge is -2.08. The van der Waals surface area contributed by atoms with Gasteiger partial charge in [-0.15, -0.1) is 0 Å². The molecular weight excluding hydrogens is 327 g/mol. The fourth-order valence-electron chi connectivity index (χ4n) is 1.89. The summed E-state index contributed by atoms with van der Waals surface area (Å²) in [5.74, 6) is -0.922. The average Bonchev–Trinajstić information content (AvgIpc) is 2.52. The first-order chi connectivity index (χ1) is 10.9. The van der Waals surface area contributed by atoms with Crippen molar-refractivity contribution < 1.29 is 18.8 Å². The van der Waals surface area contributed by atoms with Gasteiger partial charge in [0.15, 0.2) is 17.3 Å². The molecule has 0 aliphatic carbocycles. The molecule has 2 aromatic rings. The molecule has 0 amide bonds. The Labute approximate surface area is 136 Å². The van der Waals surface area contributed by atoms with E-state index in [2.05, 4.69) is 5.32 Å². The van der Waals surface area contributed by atoms with Gasteiger partial charge in [0, 0.05) is 17.3 Å². The SMILES string of the molecule is COc1ccc(C(=O)CNc2ccc([N+](=O)[O-])c(Cl)c2)cc1F. The Hall–Kier alpha value is -2.67. The number of rotatable bonds is 6. The third kappa shape index (κ3) is 3.95. The Morgan fingerprint density at radius 1 is 1.35 bits per heavy atom. The number of halogens is 2. The summed E-state index contributed by atoms with van der Waals surface area (Å²) in [5.41, 5.74) is 0.410. The lowest BCUT2D eigenvalue weighted by Crippen LogP contribution is -2.14. The normalized spacial score (nSPS) is 10.2. The second kappa shape index (κ2) is 7.06. The predicted molar refractivity (Wildman–Crippen MR) is 83.9 cm³/mol. The van der Waals surface area contributed by atoms with E-state index >= 15 is 0 Å². The standard InChI is InChI=1S/C15H12ClFN2O4/c1-23-15-5-2-9(6-12(15)17)14(20)8-18-10-3-4-13(19(21)22)11(16)7-10/h2-7,18H,8H2,1H3. The van der Waals surface area contributed by atoms with Crippen molar-refractivity contribution in [3.8, 4) is 5.75 Å². The van der Waals surface area contributed by atoms with Crippen molar-refractivity contribution in [2.45, 2.75) is 0 Å². The maximum absolute atomic E-state index is 13.6. The van der Waals surface area contributed by atoms with Crippen LogP contribution in [0.25, 0.3) is 0 Å². The highest BCUT2D eigenvalue weighted by Gasteiger charge is 2.13. The highest BCUT2D eigenvalue weighted by Crippen LogP contribution is 2.27. The molecular formula is C15H12ClFN2O4. The van der Waals surface area contributed by atoms with E-state index in [0.29, 0.717) is 5.69 Å². The Bertz CT molecular complexity index is 767. The molecule has 0 unspecified atom stereocenters. The van der Waals surface area contributed by atoms with Gasteiger partial charge >= 0.3 is 0 Å². The molecule has 0 aliphatic heterocycles. The van der Waals surface area contributed by atoms with Crippen LogP contribution < -0.4 is 10.1 Å². The molecule has 120 valence electrons. The molecule has 0 bridgehead atoms. The van der Waals surface area contributed by atoms with Gasteiger partial charge in [0.25, 0.3) is 5.69 Å². The summed E-state index contributed by atoms with van der Waals surface area (Å²) in [4.78, 5) is 22.1. The van der Waals surface area contributed by atoms with Crippen LogP contribution in [0.2, 0.25) is 5.02 Å². The number of anilines is 1. The number of nitro benzene ring substituents is 1. The largest absolute Gasteiger partial charge is 0.494 e. The van der Waals surface area contributed by atoms with E-state index in [1.807, 2.05) is 0 Å². The number of Topliss-reactive ketones (excluding diaryl/α,β-unsaturated/α-hetero) is 1. The third-order valence-corrected chi connectivity index (χ3v) is 3.37. The molecule has 0 aliphatic rings. The Morgan fingerprint density at radius 3 is 2.65 bits per heavy atom. The van der Waals surface area contributed by atoms with Gasteiger partial charge in [-0.2, -0.15) is 0 Å². The monoisotopic (exact) mass is 338 g/mol. The zero-order chi connectivity index (χ0) is 17.0. The van der Waals surface area contributed by atoms with E-state index in [0.717, 1.165) is 6.07 Å². The molecule has 0 heterocycles. The van der Waals surface area contributed by atoms with Crippen molar-refractivity contribution in [3.05, 3.63) is 62.9 Å². The number of hydrogen-bond acceptors (Lipinski definition) is 5. The van der Waals surface area contributed by atoms with Gasteiger partial charge in [0.2, 0.25) is 0 Å². The summed E-state index contributed by atoms with van der Waals surface area (Å²) in [5, 5.41) is 13.4. The summed E-state index contributed by atoms with van der Waals surface area (Å²) in [7, 11) is 1.33. The second-order valence-electron chi connectivity index (χ2n) is 4.55. The van der Waals surface area contributed by atoms with Gasteiger partial charge in [-0.25, -0.2) is 4.39 Å². The highest BCUT2D eigenvalue weighted by molar-refractivity contribution is 6.32. The van der Waals surface area contributed by atoms with Gasteiger partial charge in [0.1, 0.15) is 5.02 Å². The average molecular weight is 339 g/mol. The smallest absolute Gasteiger partial charge is 0.288 e. The van der Waals surface area contributed by atoms with Crippen molar-refractivity contribution in [1.82, 2.24) is 0 Å². The van der Waals surface area contributed by atoms with E-state index in [-0.39, 0.29) is 34.4 Å². The van der Waals surface area contributed by atoms with Crippen LogP contribution in [0.5, 0.6) is 5.75 Å². The minimum atomic E-state index is -0.628. The quantitative estimate of drug-likeness (QED) is 0.493. The van der Waals surface area contributed by atoms with E-state index in [1.54, 1.807) is 0 Å². The van der Waals surface area contributed by atoms with Crippen LogP contribution in [0.4, 0.5) is 15.8 Å². The van der Waals surface area contributed by atoms with Gasteiger partial charge in [-0.05, 0) is 30.3 Å². The van der Waals surface area contributed by atoms with Crippen LogP contribution in [0.1, 0.15) is 10.4 Å². The van der Waals surface area contributed by atoms with Crippen molar-refractivity contribution in [2.75, 3.05) is 19.0 Å². The van der Waals surface area contributed by atoms with E-state index in [9.17, 15) is 19.3 Å². The number of nitrogens with one attached hydrogen (secondary N) is 1. The van der Waals surface area contributed by atoms with Crippen LogP contribution in [0.3, 0.4) is 0 Å². The number of ether oxygens (including phenoxy) is 1. The topological polar surface area (TPSA) is 81.5 Å². The highest BCUT2D eigenvalue weighted by atomic mass is 35.5. The number of hydrogen-bond donors (Lipinski definition) is 1. The molecule has 0 saturated carbocycles. The molecule has 8 heteroatoms. The molecule has 0 aromatic heterocycles. The lowest BCUT2D eigenvalue weighted by atomic mass is 10.1. The van der Waals surface area contributed by atoms with Crippen LogP contribution in [0.15, 0.2) is 36.4 Å². The molecule has 1 N–H and O–H groups in total. The summed E-state index contributed by atoms with van der Waals surface area (Å²) >= 11 is 5.78. The maximum Gasteiger partial charge on any atom is 0.288 e. The van der Waals surface area contributed by atoms with Gasteiger partial charge < -0.3 is 10.1 Å². The summed E-state index contributed by atoms with van der Waals surface area (Å²) in [6, 6.07) is 7.93. The molecule has 2 rings (SSSR count). The summed E-state index contributed by atoms with van der Waals surface area (Å²) in [6.45, 7) is -0.111. The van der Waals surface area contributed by atoms with Crippen molar-refractivity contribution in [2.24, 2.45) is 0 Å². The first-order valence-corrected chi connectivity index (χ1v) is 6.84. The number of nitro groups is 1. The molecule has 0 saturated heterocycles. The molecule has 6 nitrogen and oxygen atoms in total. The lowest BCUT2D eigenvalue weighted by molar-refractivity contribution is -0.384. The van der Waals surface area contributed by atoms with E-state index < -0.39 is 10.7 Å². The maximum atomic E-state index is 13.6. The number of methoxy groups -OCH3 is 1. The fraction of sp³-hybridized carbons (Fsp3) is 0.133. The van der Waals surface area contributed by atoms with Crippen molar-refractivity contribution in [3.63, 3.8) is 0 Å². The minimum Gasteiger partial charge on any atom is -0.494 e. The summed E-state index contributed by atoms with van der Waals surface area (Å²) in [6.07, 6.45) is 0. The summed E-state index contributed by atoms with van der Waals surface area (Å²) < 4.78 is 18.3. The van der Waals surface area contributed by atoms with Crippen LogP contribution in [-0.2, 0) is 0 Å². The van der Waals surface area contributed by atoms with Crippen molar-refractivity contribution >= 4 is 28.8 Å². The molecule has 0 atom stereocenters. The van der Waals surface area contributed by atoms with Gasteiger partial charge in [0.05, 0.1) is 18.6 Å². The second-order valence-corrected chi connectivity index (χ2v) is 4.96.